The molecule has 0 aliphatic heterocycles. The molecule has 19 heavy (non-hydrogen) atoms. The van der Waals surface area contributed by atoms with Gasteiger partial charge in [0, 0.05) is 17.9 Å². The Morgan fingerprint density at radius 2 is 1.89 bits per heavy atom. The molecule has 0 saturated heterocycles. The standard InChI is InChI=1S/C13H17F3N2O/c14-13(15,16)10-7-9(3-4-11(10)17)18-8-12(19)5-1-2-6-12/h3-4,7,18-19H,1-2,5-6,8,17H2. The first kappa shape index (κ1) is 14.0. The summed E-state index contributed by atoms with van der Waals surface area (Å²) in [5.41, 5.74) is 3.69. The first-order valence-electron chi connectivity index (χ1n) is 6.23. The molecule has 0 radical (unpaired) electrons. The summed E-state index contributed by atoms with van der Waals surface area (Å²) in [6, 6.07) is 3.69. The molecule has 1 aliphatic carbocycles. The molecule has 1 fully saturated rings. The zero-order valence-corrected chi connectivity index (χ0v) is 10.4. The zero-order chi connectivity index (χ0) is 14.1. The fourth-order valence-electron chi connectivity index (χ4n) is 2.39. The Morgan fingerprint density at radius 1 is 1.26 bits per heavy atom. The van der Waals surface area contributed by atoms with Crippen LogP contribution in [0.4, 0.5) is 24.5 Å². The third-order valence-electron chi connectivity index (χ3n) is 3.51. The Morgan fingerprint density at radius 3 is 2.47 bits per heavy atom. The maximum absolute atomic E-state index is 12.7. The second kappa shape index (κ2) is 4.92. The van der Waals surface area contributed by atoms with Gasteiger partial charge in [0.15, 0.2) is 0 Å². The summed E-state index contributed by atoms with van der Waals surface area (Å²) in [6.07, 6.45) is -1.20. The van der Waals surface area contributed by atoms with Crippen molar-refractivity contribution in [3.63, 3.8) is 0 Å². The van der Waals surface area contributed by atoms with E-state index in [1.807, 2.05) is 0 Å². The average molecular weight is 274 g/mol. The minimum absolute atomic E-state index is 0.258. The predicted octanol–water partition coefficient (Wildman–Crippen LogP) is 3.00. The summed E-state index contributed by atoms with van der Waals surface area (Å²) in [5, 5.41) is 13.0. The molecule has 2 rings (SSSR count). The third kappa shape index (κ3) is 3.32. The molecule has 1 aliphatic rings. The summed E-state index contributed by atoms with van der Waals surface area (Å²) >= 11 is 0. The lowest BCUT2D eigenvalue weighted by atomic mass is 10.0. The molecule has 4 N–H and O–H groups in total. The van der Waals surface area contributed by atoms with E-state index in [-0.39, 0.29) is 12.2 Å². The minimum atomic E-state index is -4.47. The molecule has 0 amide bonds. The van der Waals surface area contributed by atoms with E-state index >= 15 is 0 Å². The molecule has 0 unspecified atom stereocenters. The maximum atomic E-state index is 12.7. The first-order valence-corrected chi connectivity index (χ1v) is 6.23. The molecule has 0 heterocycles. The summed E-state index contributed by atoms with van der Waals surface area (Å²) in [7, 11) is 0. The molecular formula is C13H17F3N2O. The van der Waals surface area contributed by atoms with Crippen molar-refractivity contribution in [2.45, 2.75) is 37.5 Å². The average Bonchev–Trinajstić information content (AvgIpc) is 2.74. The molecule has 0 spiro atoms. The Kier molecular flexibility index (Phi) is 3.62. The number of halogens is 3. The van der Waals surface area contributed by atoms with Gasteiger partial charge < -0.3 is 16.2 Å². The van der Waals surface area contributed by atoms with Crippen LogP contribution in [0.3, 0.4) is 0 Å². The van der Waals surface area contributed by atoms with Crippen LogP contribution in [-0.4, -0.2) is 17.3 Å². The van der Waals surface area contributed by atoms with E-state index < -0.39 is 17.3 Å². The number of anilines is 2. The van der Waals surface area contributed by atoms with Gasteiger partial charge in [0.25, 0.3) is 0 Å². The van der Waals surface area contributed by atoms with Crippen LogP contribution in [0.5, 0.6) is 0 Å². The first-order chi connectivity index (χ1) is 8.80. The number of aliphatic hydroxyl groups is 1. The molecule has 3 nitrogen and oxygen atoms in total. The highest BCUT2D eigenvalue weighted by Crippen LogP contribution is 2.35. The van der Waals surface area contributed by atoms with Gasteiger partial charge in [-0.15, -0.1) is 0 Å². The highest BCUT2D eigenvalue weighted by Gasteiger charge is 2.34. The number of nitrogens with one attached hydrogen (secondary N) is 1. The molecule has 0 atom stereocenters. The van der Waals surface area contributed by atoms with E-state index in [9.17, 15) is 18.3 Å². The lowest BCUT2D eigenvalue weighted by molar-refractivity contribution is -0.136. The molecule has 1 aromatic rings. The number of nitrogen functional groups attached to an aromatic ring is 1. The SMILES string of the molecule is Nc1ccc(NCC2(O)CCCC2)cc1C(F)(F)F. The van der Waals surface area contributed by atoms with Crippen molar-refractivity contribution >= 4 is 11.4 Å². The van der Waals surface area contributed by atoms with Crippen LogP contribution >= 0.6 is 0 Å². The van der Waals surface area contributed by atoms with Gasteiger partial charge in [-0.1, -0.05) is 12.8 Å². The van der Waals surface area contributed by atoms with Gasteiger partial charge >= 0.3 is 6.18 Å². The second-order valence-electron chi connectivity index (χ2n) is 5.08. The van der Waals surface area contributed by atoms with Crippen LogP contribution in [0.1, 0.15) is 31.2 Å². The Hall–Kier alpha value is -1.43. The highest BCUT2D eigenvalue weighted by atomic mass is 19.4. The monoisotopic (exact) mass is 274 g/mol. The van der Waals surface area contributed by atoms with Crippen LogP contribution in [0.15, 0.2) is 18.2 Å². The van der Waals surface area contributed by atoms with Gasteiger partial charge in [-0.2, -0.15) is 13.2 Å². The van der Waals surface area contributed by atoms with E-state index in [1.165, 1.54) is 12.1 Å². The number of nitrogens with two attached hydrogens (primary N) is 1. The van der Waals surface area contributed by atoms with E-state index in [0.717, 1.165) is 18.9 Å². The van der Waals surface area contributed by atoms with E-state index in [2.05, 4.69) is 5.32 Å². The van der Waals surface area contributed by atoms with Crippen LogP contribution in [0, 0.1) is 0 Å². The number of hydrogen-bond acceptors (Lipinski definition) is 3. The van der Waals surface area contributed by atoms with Gasteiger partial charge in [0.2, 0.25) is 0 Å². The molecule has 1 saturated carbocycles. The van der Waals surface area contributed by atoms with Crippen molar-refractivity contribution < 1.29 is 18.3 Å². The van der Waals surface area contributed by atoms with E-state index in [4.69, 9.17) is 5.73 Å². The molecule has 1 aromatic carbocycles. The number of hydrogen-bond donors (Lipinski definition) is 3. The Balaban J connectivity index is 2.09. The topological polar surface area (TPSA) is 58.3 Å². The van der Waals surface area contributed by atoms with E-state index in [0.29, 0.717) is 18.5 Å². The largest absolute Gasteiger partial charge is 0.418 e. The summed E-state index contributed by atoms with van der Waals surface area (Å²) in [4.78, 5) is 0. The highest BCUT2D eigenvalue weighted by molar-refractivity contribution is 5.58. The smallest absolute Gasteiger partial charge is 0.398 e. The van der Waals surface area contributed by atoms with Gasteiger partial charge in [0.1, 0.15) is 0 Å². The summed E-state index contributed by atoms with van der Waals surface area (Å²) in [5.74, 6) is 0. The Bertz CT molecular complexity index is 454. The van der Waals surface area contributed by atoms with Gasteiger partial charge in [-0.3, -0.25) is 0 Å². The van der Waals surface area contributed by atoms with Crippen LogP contribution in [0.2, 0.25) is 0 Å². The molecule has 0 aromatic heterocycles. The number of benzene rings is 1. The number of alkyl halides is 3. The fraction of sp³-hybridized carbons (Fsp3) is 0.538. The van der Waals surface area contributed by atoms with Crippen LogP contribution in [0.25, 0.3) is 0 Å². The van der Waals surface area contributed by atoms with Crippen LogP contribution in [-0.2, 0) is 6.18 Å². The molecule has 106 valence electrons. The molecular weight excluding hydrogens is 257 g/mol. The van der Waals surface area contributed by atoms with Crippen molar-refractivity contribution in [1.29, 1.82) is 0 Å². The van der Waals surface area contributed by atoms with Crippen molar-refractivity contribution in [2.75, 3.05) is 17.6 Å². The number of rotatable bonds is 3. The second-order valence-corrected chi connectivity index (χ2v) is 5.08. The fourth-order valence-corrected chi connectivity index (χ4v) is 2.39. The van der Waals surface area contributed by atoms with Gasteiger partial charge in [0.05, 0.1) is 11.2 Å². The minimum Gasteiger partial charge on any atom is -0.398 e. The lowest BCUT2D eigenvalue weighted by Gasteiger charge is -2.23. The predicted molar refractivity (Wildman–Crippen MR) is 67.8 cm³/mol. The van der Waals surface area contributed by atoms with Crippen molar-refractivity contribution in [1.82, 2.24) is 0 Å². The summed E-state index contributed by atoms with van der Waals surface area (Å²) in [6.45, 7) is 0.258. The molecule has 6 heteroatoms. The van der Waals surface area contributed by atoms with Crippen molar-refractivity contribution in [2.24, 2.45) is 0 Å². The zero-order valence-electron chi connectivity index (χ0n) is 10.4. The van der Waals surface area contributed by atoms with Crippen LogP contribution < -0.4 is 11.1 Å². The van der Waals surface area contributed by atoms with Crippen molar-refractivity contribution in [3.05, 3.63) is 23.8 Å². The normalized spacial score (nSPS) is 18.5. The third-order valence-corrected chi connectivity index (χ3v) is 3.51. The molecule has 0 bridgehead atoms. The maximum Gasteiger partial charge on any atom is 0.418 e. The quantitative estimate of drug-likeness (QED) is 0.743. The van der Waals surface area contributed by atoms with Gasteiger partial charge in [-0.05, 0) is 31.0 Å². The summed E-state index contributed by atoms with van der Waals surface area (Å²) < 4.78 is 38.1. The Labute approximate surface area is 109 Å². The lowest BCUT2D eigenvalue weighted by Crippen LogP contribution is -2.33. The van der Waals surface area contributed by atoms with Gasteiger partial charge in [-0.25, -0.2) is 0 Å². The van der Waals surface area contributed by atoms with Crippen molar-refractivity contribution in [3.8, 4) is 0 Å². The van der Waals surface area contributed by atoms with E-state index in [1.54, 1.807) is 0 Å².